The molecule has 0 saturated carbocycles. The molecule has 2 aromatic carbocycles. The number of rotatable bonds is 8. The van der Waals surface area contributed by atoms with Crippen LogP contribution in [0.4, 0.5) is 4.79 Å². The van der Waals surface area contributed by atoms with E-state index in [1.165, 1.54) is 22.3 Å². The first-order valence-corrected chi connectivity index (χ1v) is 11.8. The molecule has 34 heavy (non-hydrogen) atoms. The van der Waals surface area contributed by atoms with Crippen LogP contribution in [0.25, 0.3) is 11.1 Å². The number of piperidine rings is 1. The molecule has 8 nitrogen and oxygen atoms in total. The molecular formula is C26H31N3O5. The maximum Gasteiger partial charge on any atom is 0.407 e. The molecule has 2 aromatic rings. The Balaban J connectivity index is 1.21. The van der Waals surface area contributed by atoms with E-state index in [1.54, 1.807) is 6.92 Å². The summed E-state index contributed by atoms with van der Waals surface area (Å²) in [7, 11) is 0. The predicted octanol–water partition coefficient (Wildman–Crippen LogP) is 2.97. The van der Waals surface area contributed by atoms with Gasteiger partial charge in [0.05, 0.1) is 13.0 Å². The molecular weight excluding hydrogens is 434 g/mol. The second-order valence-electron chi connectivity index (χ2n) is 9.09. The molecule has 0 radical (unpaired) electrons. The highest BCUT2D eigenvalue weighted by Gasteiger charge is 2.29. The van der Waals surface area contributed by atoms with Crippen molar-refractivity contribution in [1.29, 1.82) is 0 Å². The van der Waals surface area contributed by atoms with E-state index >= 15 is 0 Å². The minimum absolute atomic E-state index is 0.000829. The van der Waals surface area contributed by atoms with Crippen LogP contribution in [-0.2, 0) is 14.3 Å². The summed E-state index contributed by atoms with van der Waals surface area (Å²) < 4.78 is 5.63. The van der Waals surface area contributed by atoms with Gasteiger partial charge in [-0.25, -0.2) is 4.79 Å². The minimum atomic E-state index is -0.937. The van der Waals surface area contributed by atoms with Gasteiger partial charge in [-0.3, -0.25) is 14.5 Å². The summed E-state index contributed by atoms with van der Waals surface area (Å²) in [6.07, 6.45) is 0.933. The van der Waals surface area contributed by atoms with Crippen molar-refractivity contribution < 1.29 is 24.2 Å². The number of carbonyl (C=O) groups is 3. The van der Waals surface area contributed by atoms with Crippen molar-refractivity contribution in [2.75, 3.05) is 26.2 Å². The largest absolute Gasteiger partial charge is 0.481 e. The van der Waals surface area contributed by atoms with Gasteiger partial charge in [-0.2, -0.15) is 0 Å². The number of carboxylic acid groups (broad SMARTS) is 1. The Kier molecular flexibility index (Phi) is 7.47. The van der Waals surface area contributed by atoms with Gasteiger partial charge in [-0.15, -0.1) is 0 Å². The molecule has 0 aromatic heterocycles. The van der Waals surface area contributed by atoms with Crippen molar-refractivity contribution in [3.8, 4) is 11.1 Å². The highest BCUT2D eigenvalue weighted by atomic mass is 16.5. The molecule has 1 heterocycles. The lowest BCUT2D eigenvalue weighted by atomic mass is 9.98. The molecule has 2 aliphatic rings. The molecule has 1 fully saturated rings. The summed E-state index contributed by atoms with van der Waals surface area (Å²) in [6, 6.07) is 16.1. The molecule has 1 unspecified atom stereocenters. The average Bonchev–Trinajstić information content (AvgIpc) is 3.12. The van der Waals surface area contributed by atoms with Gasteiger partial charge in [0, 0.05) is 31.1 Å². The number of alkyl carbamates (subject to hydrolysis) is 1. The number of hydrogen-bond donors (Lipinski definition) is 3. The fraction of sp³-hybridized carbons (Fsp3) is 0.423. The van der Waals surface area contributed by atoms with E-state index in [-0.39, 0.29) is 37.4 Å². The third kappa shape index (κ3) is 5.75. The van der Waals surface area contributed by atoms with Crippen LogP contribution < -0.4 is 10.6 Å². The van der Waals surface area contributed by atoms with Crippen LogP contribution in [0.2, 0.25) is 0 Å². The Morgan fingerprint density at radius 1 is 1.03 bits per heavy atom. The lowest BCUT2D eigenvalue weighted by Gasteiger charge is -2.32. The van der Waals surface area contributed by atoms with E-state index in [0.717, 1.165) is 12.8 Å². The summed E-state index contributed by atoms with van der Waals surface area (Å²) in [5, 5.41) is 14.5. The van der Waals surface area contributed by atoms with Gasteiger partial charge < -0.3 is 20.5 Å². The van der Waals surface area contributed by atoms with Crippen LogP contribution in [0.15, 0.2) is 48.5 Å². The molecule has 1 aliphatic carbocycles. The van der Waals surface area contributed by atoms with E-state index in [4.69, 9.17) is 9.84 Å². The fourth-order valence-electron chi connectivity index (χ4n) is 4.88. The molecule has 8 heteroatoms. The summed E-state index contributed by atoms with van der Waals surface area (Å²) in [4.78, 5) is 37.4. The van der Waals surface area contributed by atoms with E-state index in [2.05, 4.69) is 34.9 Å². The second kappa shape index (κ2) is 10.7. The Morgan fingerprint density at radius 2 is 1.62 bits per heavy atom. The fourth-order valence-corrected chi connectivity index (χ4v) is 4.88. The van der Waals surface area contributed by atoms with E-state index in [9.17, 15) is 14.4 Å². The van der Waals surface area contributed by atoms with Gasteiger partial charge in [0.25, 0.3) is 0 Å². The lowest BCUT2D eigenvalue weighted by Crippen LogP contribution is -2.48. The number of aliphatic carboxylic acids is 1. The molecule has 2 amide bonds. The highest BCUT2D eigenvalue weighted by Crippen LogP contribution is 2.44. The van der Waals surface area contributed by atoms with Crippen molar-refractivity contribution in [3.63, 3.8) is 0 Å². The van der Waals surface area contributed by atoms with Crippen molar-refractivity contribution in [1.82, 2.24) is 15.5 Å². The third-order valence-electron chi connectivity index (χ3n) is 6.51. The Labute approximate surface area is 199 Å². The number of fused-ring (bicyclic) bond motifs is 3. The van der Waals surface area contributed by atoms with E-state index in [0.29, 0.717) is 13.1 Å². The van der Waals surface area contributed by atoms with E-state index < -0.39 is 18.1 Å². The zero-order chi connectivity index (χ0) is 24.1. The maximum atomic E-state index is 12.5. The van der Waals surface area contributed by atoms with Crippen molar-refractivity contribution in [2.45, 2.75) is 44.2 Å². The topological polar surface area (TPSA) is 108 Å². The number of hydrogen-bond acceptors (Lipinski definition) is 5. The van der Waals surface area contributed by atoms with Gasteiger partial charge in [0.1, 0.15) is 6.61 Å². The van der Waals surface area contributed by atoms with Crippen LogP contribution in [0, 0.1) is 0 Å². The SMILES string of the molecule is CC(CC(=O)O)NC(=O)CN1CCC(NC(=O)OCC2c3ccccc3-c3ccccc32)CC1. The third-order valence-corrected chi connectivity index (χ3v) is 6.51. The highest BCUT2D eigenvalue weighted by molar-refractivity contribution is 5.80. The molecule has 0 bridgehead atoms. The standard InChI is InChI=1S/C26H31N3O5/c1-17(14-25(31)32)27-24(30)15-29-12-10-18(11-13-29)28-26(33)34-16-23-21-8-4-2-6-19(21)20-7-3-5-9-22(20)23/h2-9,17-18,23H,10-16H2,1H3,(H,27,30)(H,28,33)(H,31,32). The van der Waals surface area contributed by atoms with Crippen molar-refractivity contribution in [2.24, 2.45) is 0 Å². The van der Waals surface area contributed by atoms with Crippen LogP contribution in [0.3, 0.4) is 0 Å². The normalized spacial score (nSPS) is 16.9. The maximum absolute atomic E-state index is 12.5. The number of likely N-dealkylation sites (tertiary alicyclic amines) is 1. The minimum Gasteiger partial charge on any atom is -0.481 e. The molecule has 1 aliphatic heterocycles. The Morgan fingerprint density at radius 3 is 2.21 bits per heavy atom. The van der Waals surface area contributed by atoms with Gasteiger partial charge >= 0.3 is 12.1 Å². The van der Waals surface area contributed by atoms with E-state index in [1.807, 2.05) is 29.2 Å². The number of carboxylic acids is 1. The first-order valence-electron chi connectivity index (χ1n) is 11.8. The molecule has 4 rings (SSSR count). The molecule has 180 valence electrons. The number of benzene rings is 2. The monoisotopic (exact) mass is 465 g/mol. The van der Waals surface area contributed by atoms with Gasteiger partial charge in [0.2, 0.25) is 5.91 Å². The number of amides is 2. The van der Waals surface area contributed by atoms with Gasteiger partial charge in [-0.1, -0.05) is 48.5 Å². The second-order valence-corrected chi connectivity index (χ2v) is 9.09. The molecule has 1 saturated heterocycles. The van der Waals surface area contributed by atoms with Crippen LogP contribution in [0.5, 0.6) is 0 Å². The quantitative estimate of drug-likeness (QED) is 0.553. The number of ether oxygens (including phenoxy) is 1. The molecule has 0 spiro atoms. The average molecular weight is 466 g/mol. The van der Waals surface area contributed by atoms with Crippen molar-refractivity contribution >= 4 is 18.0 Å². The number of carbonyl (C=O) groups excluding carboxylic acids is 2. The number of nitrogens with one attached hydrogen (secondary N) is 2. The van der Waals surface area contributed by atoms with Crippen molar-refractivity contribution in [3.05, 3.63) is 59.7 Å². The molecule has 1 atom stereocenters. The Bertz CT molecular complexity index is 1000. The summed E-state index contributed by atoms with van der Waals surface area (Å²) in [5.74, 6) is -1.09. The first-order chi connectivity index (χ1) is 16.4. The number of nitrogens with zero attached hydrogens (tertiary/aromatic N) is 1. The predicted molar refractivity (Wildman–Crippen MR) is 128 cm³/mol. The summed E-state index contributed by atoms with van der Waals surface area (Å²) in [6.45, 7) is 3.54. The van der Waals surface area contributed by atoms with Crippen LogP contribution in [0.1, 0.15) is 43.2 Å². The zero-order valence-electron chi connectivity index (χ0n) is 19.3. The first kappa shape index (κ1) is 23.8. The smallest absolute Gasteiger partial charge is 0.407 e. The Hall–Kier alpha value is -3.39. The van der Waals surface area contributed by atoms with Gasteiger partial charge in [0.15, 0.2) is 0 Å². The van der Waals surface area contributed by atoms with Crippen LogP contribution in [-0.4, -0.2) is 66.3 Å². The van der Waals surface area contributed by atoms with Crippen LogP contribution >= 0.6 is 0 Å². The summed E-state index contributed by atoms with van der Waals surface area (Å²) in [5.41, 5.74) is 4.75. The lowest BCUT2D eigenvalue weighted by molar-refractivity contribution is -0.137. The summed E-state index contributed by atoms with van der Waals surface area (Å²) >= 11 is 0. The zero-order valence-corrected chi connectivity index (χ0v) is 19.3. The molecule has 3 N–H and O–H groups in total. The van der Waals surface area contributed by atoms with Gasteiger partial charge in [-0.05, 0) is 42.0 Å².